The van der Waals surface area contributed by atoms with Crippen molar-refractivity contribution in [1.82, 2.24) is 4.72 Å². The number of aliphatic imine (C=N–C) groups is 1. The molecule has 0 aliphatic rings. The quantitative estimate of drug-likeness (QED) is 0.110. The zero-order valence-electron chi connectivity index (χ0n) is 22.3. The van der Waals surface area contributed by atoms with E-state index in [9.17, 15) is 22.0 Å². The molecule has 5 N–H and O–H groups in total. The molecule has 0 bridgehead atoms. The number of ether oxygens (including phenoxy) is 4. The lowest BCUT2D eigenvalue weighted by atomic mass is 10.1. The molecule has 0 saturated heterocycles. The Morgan fingerprint density at radius 3 is 2.05 bits per heavy atom. The largest absolute Gasteiger partial charge is 0.451 e. The van der Waals surface area contributed by atoms with Gasteiger partial charge in [0.15, 0.2) is 23.3 Å². The van der Waals surface area contributed by atoms with E-state index in [2.05, 4.69) is 9.71 Å². The van der Waals surface area contributed by atoms with Crippen LogP contribution in [0.3, 0.4) is 0 Å². The monoisotopic (exact) mass is 584 g/mol. The minimum absolute atomic E-state index is 0.00239. The molecule has 40 heavy (non-hydrogen) atoms. The Morgan fingerprint density at radius 2 is 1.50 bits per heavy atom. The molecule has 0 spiro atoms. The van der Waals surface area contributed by atoms with Crippen molar-refractivity contribution in [3.05, 3.63) is 59.2 Å². The lowest BCUT2D eigenvalue weighted by Crippen LogP contribution is -2.27. The van der Waals surface area contributed by atoms with Crippen molar-refractivity contribution in [3.63, 3.8) is 0 Å². The van der Waals surface area contributed by atoms with Crippen molar-refractivity contribution in [3.8, 4) is 11.5 Å². The Balaban J connectivity index is 1.88. The molecule has 220 valence electrons. The summed E-state index contributed by atoms with van der Waals surface area (Å²) in [5, 5.41) is 0. The molecule has 0 aliphatic carbocycles. The number of halogens is 2. The summed E-state index contributed by atoms with van der Waals surface area (Å²) in [6, 6.07) is 6.92. The second kappa shape index (κ2) is 16.6. The topological polar surface area (TPSA) is 165 Å². The SMILES string of the molecule is CCCOCCOCCOCCNS(=O)(=O)c1ccc(Oc2c(F)cc(/C=C(\C)C(=O)N=C(N)N)cc2F)cc1. The van der Waals surface area contributed by atoms with Crippen LogP contribution in [0.5, 0.6) is 11.5 Å². The van der Waals surface area contributed by atoms with Crippen molar-refractivity contribution in [2.75, 3.05) is 46.2 Å². The van der Waals surface area contributed by atoms with Gasteiger partial charge in [-0.1, -0.05) is 6.92 Å². The van der Waals surface area contributed by atoms with Crippen LogP contribution in [-0.2, 0) is 29.0 Å². The maximum Gasteiger partial charge on any atom is 0.275 e. The van der Waals surface area contributed by atoms with Gasteiger partial charge in [-0.05, 0) is 61.4 Å². The molecular weight excluding hydrogens is 550 g/mol. The smallest absolute Gasteiger partial charge is 0.275 e. The van der Waals surface area contributed by atoms with E-state index in [1.54, 1.807) is 0 Å². The van der Waals surface area contributed by atoms with Gasteiger partial charge in [0.05, 0.1) is 37.9 Å². The molecule has 0 atom stereocenters. The van der Waals surface area contributed by atoms with Gasteiger partial charge in [0.25, 0.3) is 5.91 Å². The van der Waals surface area contributed by atoms with Crippen molar-refractivity contribution in [1.29, 1.82) is 0 Å². The van der Waals surface area contributed by atoms with E-state index < -0.39 is 39.3 Å². The third-order valence-electron chi connectivity index (χ3n) is 4.96. The number of nitrogens with two attached hydrogens (primary N) is 2. The average Bonchev–Trinajstić information content (AvgIpc) is 2.89. The normalized spacial score (nSPS) is 11.8. The van der Waals surface area contributed by atoms with E-state index in [4.69, 9.17) is 30.4 Å². The number of hydrogen-bond acceptors (Lipinski definition) is 7. The second-order valence-corrected chi connectivity index (χ2v) is 10.1. The highest BCUT2D eigenvalue weighted by Crippen LogP contribution is 2.30. The van der Waals surface area contributed by atoms with Crippen molar-refractivity contribution in [2.45, 2.75) is 25.2 Å². The average molecular weight is 585 g/mol. The van der Waals surface area contributed by atoms with E-state index in [1.807, 2.05) is 6.92 Å². The van der Waals surface area contributed by atoms with Crippen LogP contribution in [0.15, 0.2) is 51.9 Å². The van der Waals surface area contributed by atoms with E-state index in [-0.39, 0.29) is 34.9 Å². The molecule has 2 aromatic carbocycles. The number of amides is 1. The third-order valence-corrected chi connectivity index (χ3v) is 6.43. The Kier molecular flexibility index (Phi) is 13.6. The summed E-state index contributed by atoms with van der Waals surface area (Å²) in [5.74, 6) is -3.98. The van der Waals surface area contributed by atoms with Gasteiger partial charge in [0, 0.05) is 18.7 Å². The molecule has 0 aromatic heterocycles. The highest BCUT2D eigenvalue weighted by molar-refractivity contribution is 7.89. The number of hydrogen-bond donors (Lipinski definition) is 3. The molecule has 0 saturated carbocycles. The van der Waals surface area contributed by atoms with Crippen LogP contribution in [0.25, 0.3) is 6.08 Å². The molecule has 0 aliphatic heterocycles. The minimum Gasteiger partial charge on any atom is -0.451 e. The van der Waals surface area contributed by atoms with Crippen LogP contribution in [-0.4, -0.2) is 66.5 Å². The van der Waals surface area contributed by atoms with Gasteiger partial charge in [0.2, 0.25) is 10.0 Å². The molecule has 2 aromatic rings. The molecule has 0 heterocycles. The molecule has 0 unspecified atom stereocenters. The Hall–Kier alpha value is -3.43. The van der Waals surface area contributed by atoms with Gasteiger partial charge >= 0.3 is 0 Å². The second-order valence-electron chi connectivity index (χ2n) is 8.29. The lowest BCUT2D eigenvalue weighted by Gasteiger charge is -2.11. The highest BCUT2D eigenvalue weighted by Gasteiger charge is 2.16. The molecule has 1 amide bonds. The van der Waals surface area contributed by atoms with Gasteiger partial charge in [-0.3, -0.25) is 4.79 Å². The summed E-state index contributed by atoms with van der Waals surface area (Å²) >= 11 is 0. The molecule has 11 nitrogen and oxygen atoms in total. The summed E-state index contributed by atoms with van der Waals surface area (Å²) in [6.45, 7) is 5.91. The molecular formula is C26H34F2N4O7S. The Bertz CT molecular complexity index is 1260. The number of guanidine groups is 1. The maximum absolute atomic E-state index is 14.6. The first-order valence-electron chi connectivity index (χ1n) is 12.4. The Labute approximate surface area is 232 Å². The molecule has 0 fully saturated rings. The fourth-order valence-electron chi connectivity index (χ4n) is 3.10. The first-order chi connectivity index (χ1) is 19.0. The van der Waals surface area contributed by atoms with Gasteiger partial charge in [-0.2, -0.15) is 4.99 Å². The van der Waals surface area contributed by atoms with Crippen LogP contribution in [0, 0.1) is 11.6 Å². The number of nitrogens with zero attached hydrogens (tertiary/aromatic N) is 1. The third kappa shape index (κ3) is 11.4. The Morgan fingerprint density at radius 1 is 0.950 bits per heavy atom. The van der Waals surface area contributed by atoms with Gasteiger partial charge in [-0.15, -0.1) is 0 Å². The maximum atomic E-state index is 14.6. The predicted molar refractivity (Wildman–Crippen MR) is 145 cm³/mol. The highest BCUT2D eigenvalue weighted by atomic mass is 32.2. The first kappa shape index (κ1) is 32.8. The number of nitrogens with one attached hydrogen (secondary N) is 1. The number of benzene rings is 2. The standard InChI is InChI=1S/C26H34F2N4O7S/c1-3-9-36-11-13-38-14-12-37-10-8-31-40(34,35)21-6-4-20(5-7-21)39-24-22(27)16-19(17-23(24)28)15-18(2)25(33)32-26(29)30/h4-7,15-17,31H,3,8-14H2,1-2H3,(H4,29,30,32,33)/b18-15+. The number of carbonyl (C=O) groups is 1. The molecule has 14 heteroatoms. The molecule has 0 radical (unpaired) electrons. The van der Waals surface area contributed by atoms with Gasteiger partial charge < -0.3 is 30.4 Å². The summed E-state index contributed by atoms with van der Waals surface area (Å²) in [5.41, 5.74) is 10.4. The van der Waals surface area contributed by atoms with Crippen LogP contribution in [0.2, 0.25) is 0 Å². The fourth-order valence-corrected chi connectivity index (χ4v) is 4.11. The zero-order valence-corrected chi connectivity index (χ0v) is 23.1. The summed E-state index contributed by atoms with van der Waals surface area (Å²) in [6.07, 6.45) is 2.15. The lowest BCUT2D eigenvalue weighted by molar-refractivity contribution is -0.114. The first-order valence-corrected chi connectivity index (χ1v) is 13.8. The van der Waals surface area contributed by atoms with E-state index in [1.165, 1.54) is 37.3 Å². The van der Waals surface area contributed by atoms with Gasteiger partial charge in [0.1, 0.15) is 5.75 Å². The van der Waals surface area contributed by atoms with Crippen molar-refractivity contribution in [2.24, 2.45) is 16.5 Å². The molecule has 2 rings (SSSR count). The predicted octanol–water partition coefficient (Wildman–Crippen LogP) is 2.70. The summed E-state index contributed by atoms with van der Waals surface area (Å²) in [7, 11) is -3.85. The summed E-state index contributed by atoms with van der Waals surface area (Å²) < 4.78 is 77.8. The van der Waals surface area contributed by atoms with Crippen molar-refractivity contribution >= 4 is 28.0 Å². The van der Waals surface area contributed by atoms with Crippen molar-refractivity contribution < 1.29 is 40.9 Å². The number of rotatable bonds is 17. The van der Waals surface area contributed by atoms with Crippen LogP contribution >= 0.6 is 0 Å². The van der Waals surface area contributed by atoms with E-state index >= 15 is 0 Å². The number of carbonyl (C=O) groups excluding carboxylic acids is 1. The van der Waals surface area contributed by atoms with E-state index in [0.717, 1.165) is 18.6 Å². The summed E-state index contributed by atoms with van der Waals surface area (Å²) in [4.78, 5) is 15.1. The van der Waals surface area contributed by atoms with Crippen LogP contribution in [0.1, 0.15) is 25.8 Å². The number of sulfonamides is 1. The van der Waals surface area contributed by atoms with E-state index in [0.29, 0.717) is 33.0 Å². The zero-order chi connectivity index (χ0) is 29.5. The minimum atomic E-state index is -3.85. The fraction of sp³-hybridized carbons (Fsp3) is 0.385. The van der Waals surface area contributed by atoms with Crippen LogP contribution < -0.4 is 20.9 Å². The van der Waals surface area contributed by atoms with Crippen LogP contribution in [0.4, 0.5) is 8.78 Å². The van der Waals surface area contributed by atoms with Gasteiger partial charge in [-0.25, -0.2) is 21.9 Å².